The smallest absolute Gasteiger partial charge is 0.256 e. The van der Waals surface area contributed by atoms with Crippen molar-refractivity contribution in [2.45, 2.75) is 37.2 Å². The van der Waals surface area contributed by atoms with Crippen LogP contribution in [0.25, 0.3) is 0 Å². The predicted molar refractivity (Wildman–Crippen MR) is 148 cm³/mol. The normalized spacial score (nSPS) is 27.4. The van der Waals surface area contributed by atoms with Crippen molar-refractivity contribution in [3.8, 4) is 0 Å². The maximum absolute atomic E-state index is 13.2. The number of alkyl halides is 1. The third-order valence-electron chi connectivity index (χ3n) is 8.44. The van der Waals surface area contributed by atoms with Crippen molar-refractivity contribution < 1.29 is 9.53 Å². The largest absolute Gasteiger partial charge is 0.373 e. The number of hydrogen-bond donors (Lipinski definition) is 2. The number of carbonyl (C=O) groups is 1. The minimum atomic E-state index is -0.531. The summed E-state index contributed by atoms with van der Waals surface area (Å²) in [5.74, 6) is 1.09. The Kier molecular flexibility index (Phi) is 7.77. The first-order chi connectivity index (χ1) is 17.8. The van der Waals surface area contributed by atoms with E-state index in [0.717, 1.165) is 51.4 Å². The summed E-state index contributed by atoms with van der Waals surface area (Å²) in [7, 11) is 3.81. The van der Waals surface area contributed by atoms with Gasteiger partial charge in [-0.2, -0.15) is 4.98 Å². The Morgan fingerprint density at radius 2 is 2.00 bits per heavy atom. The summed E-state index contributed by atoms with van der Waals surface area (Å²) in [6, 6.07) is 0. The number of ether oxygens (including phenoxy) is 1. The van der Waals surface area contributed by atoms with Crippen LogP contribution in [0.1, 0.15) is 36.5 Å². The van der Waals surface area contributed by atoms with E-state index in [1.54, 1.807) is 13.3 Å². The second-order valence-corrected chi connectivity index (χ2v) is 11.7. The summed E-state index contributed by atoms with van der Waals surface area (Å²) in [5.41, 5.74) is 1.43. The third kappa shape index (κ3) is 6.11. The van der Waals surface area contributed by atoms with Crippen LogP contribution in [-0.2, 0) is 4.74 Å². The molecular formula is C27H40ClN7O2. The van der Waals surface area contributed by atoms with Gasteiger partial charge in [-0.1, -0.05) is 18.2 Å². The highest BCUT2D eigenvalue weighted by Crippen LogP contribution is 2.53. The van der Waals surface area contributed by atoms with E-state index < -0.39 is 5.60 Å². The van der Waals surface area contributed by atoms with E-state index in [1.165, 1.54) is 19.3 Å². The molecule has 0 radical (unpaired) electrons. The number of rotatable bonds is 9. The highest BCUT2D eigenvalue weighted by Gasteiger charge is 2.48. The molecule has 1 spiro atoms. The molecule has 2 unspecified atom stereocenters. The second-order valence-electron chi connectivity index (χ2n) is 11.2. The van der Waals surface area contributed by atoms with E-state index in [4.69, 9.17) is 21.3 Å². The predicted octanol–water partition coefficient (Wildman–Crippen LogP) is 2.36. The lowest BCUT2D eigenvalue weighted by Crippen LogP contribution is -2.47. The standard InChI is InChI=1S/C27H40ClN7O2/c1-26(37-3)5-4-20(16-22(26)28)17-30-23-21(24(36)29-9-11-34-14-12-33(2)13-15-34)18-31-25(32-23)35-10-8-27(19-35)6-7-27/h4-5,16,18,22H,6-15,17,19H2,1-3H3,(H,29,36)(H,30,31,32). The highest BCUT2D eigenvalue weighted by atomic mass is 35.5. The Morgan fingerprint density at radius 3 is 2.68 bits per heavy atom. The summed E-state index contributed by atoms with van der Waals surface area (Å²) < 4.78 is 5.57. The van der Waals surface area contributed by atoms with E-state index in [9.17, 15) is 4.79 Å². The molecule has 1 saturated carbocycles. The molecule has 10 heteroatoms. The van der Waals surface area contributed by atoms with E-state index in [0.29, 0.717) is 35.8 Å². The molecule has 2 N–H and O–H groups in total. The lowest BCUT2D eigenvalue weighted by molar-refractivity contribution is 0.0531. The number of amides is 1. The minimum absolute atomic E-state index is 0.154. The monoisotopic (exact) mass is 529 g/mol. The highest BCUT2D eigenvalue weighted by molar-refractivity contribution is 6.23. The van der Waals surface area contributed by atoms with Crippen LogP contribution in [0.3, 0.4) is 0 Å². The Bertz CT molecular complexity index is 1050. The van der Waals surface area contributed by atoms with Gasteiger partial charge in [0.2, 0.25) is 5.95 Å². The van der Waals surface area contributed by atoms with Gasteiger partial charge in [-0.05, 0) is 44.2 Å². The Morgan fingerprint density at radius 1 is 1.22 bits per heavy atom. The average molecular weight is 530 g/mol. The zero-order chi connectivity index (χ0) is 26.0. The number of hydrogen-bond acceptors (Lipinski definition) is 8. The Labute approximate surface area is 225 Å². The third-order valence-corrected chi connectivity index (χ3v) is 9.00. The molecule has 202 valence electrons. The summed E-state index contributed by atoms with van der Waals surface area (Å²) in [4.78, 5) is 29.6. The van der Waals surface area contributed by atoms with Gasteiger partial charge in [-0.25, -0.2) is 4.98 Å². The van der Waals surface area contributed by atoms with Gasteiger partial charge < -0.3 is 25.2 Å². The molecule has 37 heavy (non-hydrogen) atoms. The van der Waals surface area contributed by atoms with Crippen molar-refractivity contribution in [3.05, 3.63) is 35.6 Å². The van der Waals surface area contributed by atoms with Crippen LogP contribution in [-0.4, -0.2) is 110 Å². The number of nitrogens with one attached hydrogen (secondary N) is 2. The molecule has 2 atom stereocenters. The molecule has 2 saturated heterocycles. The molecule has 3 heterocycles. The van der Waals surface area contributed by atoms with Crippen molar-refractivity contribution in [2.75, 3.05) is 83.3 Å². The first-order valence-electron chi connectivity index (χ1n) is 13.4. The fourth-order valence-electron chi connectivity index (χ4n) is 5.27. The number of anilines is 2. The van der Waals surface area contributed by atoms with Gasteiger partial charge in [0, 0.05) is 72.2 Å². The van der Waals surface area contributed by atoms with Gasteiger partial charge in [-0.3, -0.25) is 9.69 Å². The number of carbonyl (C=O) groups excluding carboxylic acids is 1. The van der Waals surface area contributed by atoms with Gasteiger partial charge >= 0.3 is 0 Å². The number of piperazine rings is 1. The molecule has 3 fully saturated rings. The van der Waals surface area contributed by atoms with Crippen LogP contribution in [0.4, 0.5) is 11.8 Å². The molecule has 0 aromatic carbocycles. The van der Waals surface area contributed by atoms with Crippen molar-refractivity contribution in [1.82, 2.24) is 25.1 Å². The van der Waals surface area contributed by atoms with E-state index in [2.05, 4.69) is 37.4 Å². The average Bonchev–Trinajstić information content (AvgIpc) is 3.53. The molecule has 9 nitrogen and oxygen atoms in total. The summed E-state index contributed by atoms with van der Waals surface area (Å²) >= 11 is 6.57. The lowest BCUT2D eigenvalue weighted by Gasteiger charge is -2.32. The van der Waals surface area contributed by atoms with Crippen LogP contribution >= 0.6 is 11.6 Å². The van der Waals surface area contributed by atoms with Gasteiger partial charge in [0.1, 0.15) is 17.0 Å². The first-order valence-corrected chi connectivity index (χ1v) is 13.9. The maximum Gasteiger partial charge on any atom is 0.256 e. The zero-order valence-electron chi connectivity index (χ0n) is 22.3. The van der Waals surface area contributed by atoms with E-state index >= 15 is 0 Å². The quantitative estimate of drug-likeness (QED) is 0.472. The summed E-state index contributed by atoms with van der Waals surface area (Å²) in [5, 5.41) is 6.20. The van der Waals surface area contributed by atoms with Crippen molar-refractivity contribution >= 4 is 29.3 Å². The van der Waals surface area contributed by atoms with Crippen LogP contribution in [0, 0.1) is 5.41 Å². The van der Waals surface area contributed by atoms with Crippen molar-refractivity contribution in [1.29, 1.82) is 0 Å². The molecule has 4 aliphatic rings. The Balaban J connectivity index is 1.26. The molecule has 2 aliphatic heterocycles. The fraction of sp³-hybridized carbons (Fsp3) is 0.667. The topological polar surface area (TPSA) is 85.9 Å². The van der Waals surface area contributed by atoms with Gasteiger partial charge in [0.25, 0.3) is 5.91 Å². The number of aromatic nitrogens is 2. The molecule has 0 bridgehead atoms. The van der Waals surface area contributed by atoms with Gasteiger partial charge in [0.15, 0.2) is 0 Å². The number of halogens is 1. The van der Waals surface area contributed by atoms with E-state index in [1.807, 2.05) is 25.2 Å². The van der Waals surface area contributed by atoms with Crippen LogP contribution in [0.15, 0.2) is 30.0 Å². The van der Waals surface area contributed by atoms with Crippen molar-refractivity contribution in [3.63, 3.8) is 0 Å². The van der Waals surface area contributed by atoms with Crippen molar-refractivity contribution in [2.24, 2.45) is 5.41 Å². The molecule has 1 aromatic heterocycles. The summed E-state index contributed by atoms with van der Waals surface area (Å²) in [6.07, 6.45) is 11.5. The molecular weight excluding hydrogens is 490 g/mol. The van der Waals surface area contributed by atoms with Gasteiger partial charge in [-0.15, -0.1) is 11.6 Å². The Hall–Kier alpha value is -2.20. The second kappa shape index (κ2) is 10.9. The van der Waals surface area contributed by atoms with Gasteiger partial charge in [0.05, 0.1) is 5.38 Å². The number of methoxy groups -OCH3 is 1. The molecule has 5 rings (SSSR count). The molecule has 1 aromatic rings. The van der Waals surface area contributed by atoms with Crippen LogP contribution in [0.5, 0.6) is 0 Å². The molecule has 2 aliphatic carbocycles. The fourth-order valence-corrected chi connectivity index (χ4v) is 5.59. The number of nitrogens with zero attached hydrogens (tertiary/aromatic N) is 5. The summed E-state index contributed by atoms with van der Waals surface area (Å²) in [6.45, 7) is 10.0. The van der Waals surface area contributed by atoms with E-state index in [-0.39, 0.29) is 11.3 Å². The van der Waals surface area contributed by atoms with Crippen LogP contribution < -0.4 is 15.5 Å². The lowest BCUT2D eigenvalue weighted by atomic mass is 9.93. The van der Waals surface area contributed by atoms with Crippen LogP contribution in [0.2, 0.25) is 0 Å². The molecule has 1 amide bonds. The minimum Gasteiger partial charge on any atom is -0.373 e. The zero-order valence-corrected chi connectivity index (χ0v) is 23.1. The number of likely N-dealkylation sites (N-methyl/N-ethyl adjacent to an activating group) is 1. The SMILES string of the molecule is COC1(C)C=CC(CNc2nc(N3CCC4(CC4)C3)ncc2C(=O)NCCN2CCN(C)CC2)=CC1Cl. The maximum atomic E-state index is 13.2. The first kappa shape index (κ1) is 26.4.